The number of hydrogen-bond acceptors (Lipinski definition) is 9. The van der Waals surface area contributed by atoms with Gasteiger partial charge < -0.3 is 20.5 Å². The maximum Gasteiger partial charge on any atom is 0.242 e. The second-order valence-electron chi connectivity index (χ2n) is 13.2. The Morgan fingerprint density at radius 1 is 1.02 bits per heavy atom. The molecule has 50 heavy (non-hydrogen) atoms. The van der Waals surface area contributed by atoms with Gasteiger partial charge in [0.25, 0.3) is 0 Å². The van der Waals surface area contributed by atoms with Crippen LogP contribution in [0.5, 0.6) is 0 Å². The molecular weight excluding hydrogens is 713 g/mol. The number of amides is 2. The van der Waals surface area contributed by atoms with Crippen LogP contribution in [0.3, 0.4) is 0 Å². The van der Waals surface area contributed by atoms with Gasteiger partial charge in [0, 0.05) is 42.3 Å². The molecule has 2 amide bonds. The van der Waals surface area contributed by atoms with Gasteiger partial charge in [0.15, 0.2) is 4.34 Å². The number of nitrogens with zero attached hydrogens (tertiary/aromatic N) is 2. The maximum absolute atomic E-state index is 13.5. The zero-order valence-corrected chi connectivity index (χ0v) is 31.5. The smallest absolute Gasteiger partial charge is 0.242 e. The molecule has 4 N–H and O–H groups in total. The van der Waals surface area contributed by atoms with Crippen LogP contribution >= 0.6 is 46.3 Å². The largest absolute Gasteiger partial charge is 0.356 e. The molecule has 2 heterocycles. The molecule has 1 aliphatic heterocycles. The standard InChI is InChI=1S/C37H43Cl2N5O4S2/c1-37(2,3)48-35(47)42-31(19-24-8-5-4-6-9-24)34(46)41-28-11-7-10-26(20-28)32-22-49-36(43-32)50-23-33(45)40-27-14-16-44(17-15-27)21-25-12-13-29(38)30(39)18-25/h4-13,18,20,22,27,31,35,42,47H,14-17,19,21,23H2,1-3H3,(H,40,45)(H,41,46)/t31-,35?/m1/s1. The fourth-order valence-corrected chi connectivity index (χ4v) is 7.56. The van der Waals surface area contributed by atoms with Gasteiger partial charge >= 0.3 is 0 Å². The van der Waals surface area contributed by atoms with Crippen molar-refractivity contribution in [1.29, 1.82) is 0 Å². The number of benzene rings is 3. The van der Waals surface area contributed by atoms with Crippen LogP contribution in [-0.2, 0) is 27.3 Å². The summed E-state index contributed by atoms with van der Waals surface area (Å²) in [5.74, 6) is -0.0241. The second-order valence-corrected chi connectivity index (χ2v) is 16.1. The zero-order chi connectivity index (χ0) is 35.7. The van der Waals surface area contributed by atoms with Crippen LogP contribution in [0, 0.1) is 0 Å². The van der Waals surface area contributed by atoms with Gasteiger partial charge in [-0.2, -0.15) is 0 Å². The topological polar surface area (TPSA) is 116 Å². The highest BCUT2D eigenvalue weighted by Crippen LogP contribution is 2.30. The van der Waals surface area contributed by atoms with Gasteiger partial charge in [0.05, 0.1) is 33.1 Å². The number of thioether (sulfide) groups is 1. The van der Waals surface area contributed by atoms with Crippen molar-refractivity contribution in [1.82, 2.24) is 20.5 Å². The number of aliphatic hydroxyl groups is 1. The molecule has 1 unspecified atom stereocenters. The van der Waals surface area contributed by atoms with Gasteiger partial charge in [0.1, 0.15) is 0 Å². The molecule has 0 bridgehead atoms. The summed E-state index contributed by atoms with van der Waals surface area (Å²) in [5, 5.41) is 22.7. The van der Waals surface area contributed by atoms with Crippen LogP contribution in [0.2, 0.25) is 10.0 Å². The summed E-state index contributed by atoms with van der Waals surface area (Å²) < 4.78 is 6.40. The third-order valence-electron chi connectivity index (χ3n) is 7.99. The fraction of sp³-hybridized carbons (Fsp3) is 0.378. The molecule has 266 valence electrons. The van der Waals surface area contributed by atoms with E-state index < -0.39 is 18.1 Å². The van der Waals surface area contributed by atoms with E-state index in [1.165, 1.54) is 23.1 Å². The molecule has 0 saturated carbocycles. The first-order chi connectivity index (χ1) is 23.9. The van der Waals surface area contributed by atoms with Gasteiger partial charge in [0.2, 0.25) is 18.2 Å². The van der Waals surface area contributed by atoms with Crippen molar-refractivity contribution in [2.45, 2.75) is 75.0 Å². The second kappa shape index (κ2) is 18.0. The highest BCUT2D eigenvalue weighted by Gasteiger charge is 2.25. The Hall–Kier alpha value is -3.00. The van der Waals surface area contributed by atoms with E-state index in [1.807, 2.05) is 98.9 Å². The monoisotopic (exact) mass is 755 g/mol. The van der Waals surface area contributed by atoms with E-state index in [0.717, 1.165) is 59.2 Å². The molecule has 0 spiro atoms. The van der Waals surface area contributed by atoms with Crippen LogP contribution in [0.25, 0.3) is 11.3 Å². The van der Waals surface area contributed by atoms with E-state index in [1.54, 1.807) is 0 Å². The van der Waals surface area contributed by atoms with Gasteiger partial charge in [-0.05, 0) is 75.4 Å². The van der Waals surface area contributed by atoms with Crippen LogP contribution < -0.4 is 16.0 Å². The van der Waals surface area contributed by atoms with Crippen LogP contribution in [0.15, 0.2) is 82.5 Å². The number of piperidine rings is 1. The Morgan fingerprint density at radius 2 is 1.78 bits per heavy atom. The van der Waals surface area contributed by atoms with E-state index >= 15 is 0 Å². The number of halogens is 2. The molecule has 13 heteroatoms. The molecule has 1 saturated heterocycles. The summed E-state index contributed by atoms with van der Waals surface area (Å²) in [4.78, 5) is 33.4. The van der Waals surface area contributed by atoms with Crippen molar-refractivity contribution in [3.8, 4) is 11.3 Å². The average molecular weight is 757 g/mol. The first-order valence-electron chi connectivity index (χ1n) is 16.5. The number of anilines is 1. The molecule has 4 aromatic rings. The lowest BCUT2D eigenvalue weighted by atomic mass is 10.0. The van der Waals surface area contributed by atoms with Gasteiger partial charge in [-0.1, -0.05) is 83.5 Å². The summed E-state index contributed by atoms with van der Waals surface area (Å²) in [6.45, 7) is 8.09. The molecule has 0 aliphatic carbocycles. The predicted molar refractivity (Wildman–Crippen MR) is 204 cm³/mol. The van der Waals surface area contributed by atoms with E-state index in [2.05, 4.69) is 20.9 Å². The molecule has 0 radical (unpaired) electrons. The third-order valence-corrected chi connectivity index (χ3v) is 10.7. The van der Waals surface area contributed by atoms with Crippen molar-refractivity contribution in [2.24, 2.45) is 0 Å². The van der Waals surface area contributed by atoms with Crippen LogP contribution in [0.1, 0.15) is 44.7 Å². The number of aliphatic hydroxyl groups excluding tert-OH is 1. The van der Waals surface area contributed by atoms with Crippen molar-refractivity contribution in [3.05, 3.63) is 99.3 Å². The number of thiazole rings is 1. The summed E-state index contributed by atoms with van der Waals surface area (Å²) in [6.07, 6.45) is 0.810. The highest BCUT2D eigenvalue weighted by atomic mass is 35.5. The van der Waals surface area contributed by atoms with Crippen molar-refractivity contribution in [3.63, 3.8) is 0 Å². The number of hydrogen-bond donors (Lipinski definition) is 4. The molecule has 2 atom stereocenters. The molecule has 1 aromatic heterocycles. The molecule has 3 aromatic carbocycles. The van der Waals surface area contributed by atoms with Crippen LogP contribution in [-0.4, -0.2) is 69.7 Å². The number of rotatable bonds is 14. The van der Waals surface area contributed by atoms with E-state index in [4.69, 9.17) is 32.9 Å². The Labute approximate surface area is 312 Å². The molecule has 5 rings (SSSR count). The minimum Gasteiger partial charge on any atom is -0.356 e. The Bertz CT molecular complexity index is 1730. The quantitative estimate of drug-likeness (QED) is 0.0788. The fourth-order valence-electron chi connectivity index (χ4n) is 5.59. The van der Waals surface area contributed by atoms with E-state index in [9.17, 15) is 14.7 Å². The lowest BCUT2D eigenvalue weighted by molar-refractivity contribution is -0.186. The minimum atomic E-state index is -1.33. The summed E-state index contributed by atoms with van der Waals surface area (Å²) >= 11 is 15.1. The number of nitrogens with one attached hydrogen (secondary N) is 3. The summed E-state index contributed by atoms with van der Waals surface area (Å²) in [6, 6.07) is 22.2. The molecular formula is C37H43Cl2N5O4S2. The maximum atomic E-state index is 13.5. The number of aromatic nitrogens is 1. The summed E-state index contributed by atoms with van der Waals surface area (Å²) in [7, 11) is 0. The van der Waals surface area contributed by atoms with E-state index in [-0.39, 0.29) is 23.6 Å². The zero-order valence-electron chi connectivity index (χ0n) is 28.3. The highest BCUT2D eigenvalue weighted by molar-refractivity contribution is 8.01. The normalized spacial score (nSPS) is 15.4. The van der Waals surface area contributed by atoms with Crippen LogP contribution in [0.4, 0.5) is 5.69 Å². The Kier molecular flexibility index (Phi) is 13.7. The van der Waals surface area contributed by atoms with Crippen molar-refractivity contribution >= 4 is 63.8 Å². The van der Waals surface area contributed by atoms with Crippen molar-refractivity contribution in [2.75, 3.05) is 24.2 Å². The number of carbonyl (C=O) groups is 2. The molecule has 1 fully saturated rings. The van der Waals surface area contributed by atoms with Crippen molar-refractivity contribution < 1.29 is 19.4 Å². The minimum absolute atomic E-state index is 0.00363. The van der Waals surface area contributed by atoms with Gasteiger partial charge in [-0.3, -0.25) is 19.8 Å². The van der Waals surface area contributed by atoms with Gasteiger partial charge in [-0.25, -0.2) is 4.98 Å². The lowest BCUT2D eigenvalue weighted by Gasteiger charge is -2.32. The SMILES string of the molecule is CC(C)(C)OC(O)N[C@H](Cc1ccccc1)C(=O)Nc1cccc(-c2csc(SCC(=O)NC3CCN(Cc4ccc(Cl)c(Cl)c4)CC3)n2)c1. The average Bonchev–Trinajstić information content (AvgIpc) is 3.55. The first kappa shape index (κ1) is 38.2. The third kappa shape index (κ3) is 12.1. The Morgan fingerprint density at radius 3 is 2.50 bits per heavy atom. The Balaban J connectivity index is 1.11. The molecule has 9 nitrogen and oxygen atoms in total. The first-order valence-corrected chi connectivity index (χ1v) is 19.1. The van der Waals surface area contributed by atoms with Gasteiger partial charge in [-0.15, -0.1) is 11.3 Å². The molecule has 1 aliphatic rings. The van der Waals surface area contributed by atoms with E-state index in [0.29, 0.717) is 22.2 Å². The number of carbonyl (C=O) groups excluding carboxylic acids is 2. The summed E-state index contributed by atoms with van der Waals surface area (Å²) in [5.41, 5.74) is 3.67. The number of ether oxygens (including phenoxy) is 1. The number of likely N-dealkylation sites (tertiary alicyclic amines) is 1. The lowest BCUT2D eigenvalue weighted by Crippen LogP contribution is -2.50. The predicted octanol–water partition coefficient (Wildman–Crippen LogP) is 7.22.